The minimum absolute atomic E-state index is 0.0112. The molecule has 134 valence electrons. The lowest BCUT2D eigenvalue weighted by Crippen LogP contribution is -2.12. The topological polar surface area (TPSA) is 78.1 Å². The van der Waals surface area contributed by atoms with Crippen molar-refractivity contribution in [2.24, 2.45) is 0 Å². The Morgan fingerprint density at radius 1 is 0.654 bits per heavy atom. The van der Waals surface area contributed by atoms with Crippen molar-refractivity contribution in [3.05, 3.63) is 87.5 Å². The summed E-state index contributed by atoms with van der Waals surface area (Å²) in [4.78, 5) is 0. The SMILES string of the molecule is Cc1cc(C(c2ccccc2)c2ccc(N)c(N)c2N)c(C)c(C)c1C. The second-order valence-electron chi connectivity index (χ2n) is 7.07. The number of benzene rings is 3. The molecule has 1 atom stereocenters. The van der Waals surface area contributed by atoms with Crippen LogP contribution in [0.4, 0.5) is 17.1 Å². The van der Waals surface area contributed by atoms with Gasteiger partial charge in [-0.3, -0.25) is 0 Å². The summed E-state index contributed by atoms with van der Waals surface area (Å²) < 4.78 is 0. The first-order valence-corrected chi connectivity index (χ1v) is 8.88. The zero-order valence-electron chi connectivity index (χ0n) is 15.9. The van der Waals surface area contributed by atoms with E-state index in [4.69, 9.17) is 17.2 Å². The second-order valence-corrected chi connectivity index (χ2v) is 7.07. The number of hydrogen-bond acceptors (Lipinski definition) is 3. The molecule has 3 nitrogen and oxygen atoms in total. The molecule has 0 saturated carbocycles. The first-order valence-electron chi connectivity index (χ1n) is 8.88. The van der Waals surface area contributed by atoms with Crippen LogP contribution < -0.4 is 17.2 Å². The van der Waals surface area contributed by atoms with E-state index in [9.17, 15) is 0 Å². The Morgan fingerprint density at radius 3 is 1.96 bits per heavy atom. The van der Waals surface area contributed by atoms with Gasteiger partial charge in [0.05, 0.1) is 17.1 Å². The fourth-order valence-corrected chi connectivity index (χ4v) is 3.64. The average Bonchev–Trinajstić information content (AvgIpc) is 2.65. The molecule has 0 aliphatic heterocycles. The van der Waals surface area contributed by atoms with Gasteiger partial charge in [0.2, 0.25) is 0 Å². The monoisotopic (exact) mass is 345 g/mol. The number of rotatable bonds is 3. The largest absolute Gasteiger partial charge is 0.397 e. The second kappa shape index (κ2) is 6.75. The van der Waals surface area contributed by atoms with Crippen molar-refractivity contribution < 1.29 is 0 Å². The van der Waals surface area contributed by atoms with E-state index in [0.717, 1.165) is 5.56 Å². The van der Waals surface area contributed by atoms with Crippen LogP contribution in [0.2, 0.25) is 0 Å². The van der Waals surface area contributed by atoms with Gasteiger partial charge in [0.25, 0.3) is 0 Å². The third kappa shape index (κ3) is 2.90. The minimum atomic E-state index is 0.0112. The molecule has 3 aromatic carbocycles. The molecule has 0 fully saturated rings. The summed E-state index contributed by atoms with van der Waals surface area (Å²) in [6.07, 6.45) is 0. The molecule has 0 spiro atoms. The van der Waals surface area contributed by atoms with E-state index in [-0.39, 0.29) is 5.92 Å². The maximum atomic E-state index is 6.41. The highest BCUT2D eigenvalue weighted by atomic mass is 14.7. The molecule has 6 N–H and O–H groups in total. The van der Waals surface area contributed by atoms with Gasteiger partial charge in [0.1, 0.15) is 0 Å². The number of aryl methyl sites for hydroxylation is 1. The molecule has 0 heterocycles. The molecule has 0 aromatic heterocycles. The first-order chi connectivity index (χ1) is 12.3. The van der Waals surface area contributed by atoms with Crippen LogP contribution >= 0.6 is 0 Å². The lowest BCUT2D eigenvalue weighted by Gasteiger charge is -2.25. The number of hydrogen-bond donors (Lipinski definition) is 3. The molecule has 3 heteroatoms. The van der Waals surface area contributed by atoms with Crippen molar-refractivity contribution in [1.29, 1.82) is 0 Å². The van der Waals surface area contributed by atoms with Crippen LogP contribution in [0.5, 0.6) is 0 Å². The van der Waals surface area contributed by atoms with E-state index in [1.807, 2.05) is 18.2 Å². The zero-order chi connectivity index (χ0) is 19.0. The van der Waals surface area contributed by atoms with Gasteiger partial charge >= 0.3 is 0 Å². The third-order valence-electron chi connectivity index (χ3n) is 5.63. The van der Waals surface area contributed by atoms with E-state index in [2.05, 4.69) is 58.0 Å². The van der Waals surface area contributed by atoms with Crippen molar-refractivity contribution in [2.45, 2.75) is 33.6 Å². The average molecular weight is 345 g/mol. The van der Waals surface area contributed by atoms with Crippen molar-refractivity contribution in [2.75, 3.05) is 17.2 Å². The van der Waals surface area contributed by atoms with Crippen molar-refractivity contribution in [3.8, 4) is 0 Å². The lowest BCUT2D eigenvalue weighted by molar-refractivity contribution is 0.953. The smallest absolute Gasteiger partial charge is 0.0784 e. The van der Waals surface area contributed by atoms with Gasteiger partial charge in [-0.15, -0.1) is 0 Å². The molecule has 0 amide bonds. The normalized spacial score (nSPS) is 12.2. The molecule has 0 bridgehead atoms. The van der Waals surface area contributed by atoms with E-state index in [1.165, 1.54) is 33.4 Å². The number of anilines is 3. The molecular formula is C23H27N3. The quantitative estimate of drug-likeness (QED) is 0.469. The number of nitrogen functional groups attached to an aromatic ring is 3. The van der Waals surface area contributed by atoms with E-state index < -0.39 is 0 Å². The Hall–Kier alpha value is -2.94. The molecule has 3 rings (SSSR count). The van der Waals surface area contributed by atoms with Gasteiger partial charge in [0.15, 0.2) is 0 Å². The van der Waals surface area contributed by atoms with Gasteiger partial charge in [-0.25, -0.2) is 0 Å². The summed E-state index contributed by atoms with van der Waals surface area (Å²) >= 11 is 0. The summed E-state index contributed by atoms with van der Waals surface area (Å²) in [6, 6.07) is 16.6. The first kappa shape index (κ1) is 17.9. The Labute approximate surface area is 155 Å². The molecule has 0 saturated heterocycles. The van der Waals surface area contributed by atoms with E-state index in [0.29, 0.717) is 17.1 Å². The van der Waals surface area contributed by atoms with Crippen LogP contribution in [-0.2, 0) is 0 Å². The zero-order valence-corrected chi connectivity index (χ0v) is 15.9. The van der Waals surface area contributed by atoms with Gasteiger partial charge in [-0.05, 0) is 72.7 Å². The molecule has 0 aliphatic carbocycles. The van der Waals surface area contributed by atoms with E-state index in [1.54, 1.807) is 0 Å². The predicted molar refractivity (Wildman–Crippen MR) is 112 cm³/mol. The Bertz CT molecular complexity index is 959. The minimum Gasteiger partial charge on any atom is -0.397 e. The maximum absolute atomic E-state index is 6.41. The van der Waals surface area contributed by atoms with Crippen molar-refractivity contribution in [3.63, 3.8) is 0 Å². The predicted octanol–water partition coefficient (Wildman–Crippen LogP) is 4.85. The number of nitrogens with two attached hydrogens (primary N) is 3. The molecule has 3 aromatic rings. The molecule has 1 unspecified atom stereocenters. The van der Waals surface area contributed by atoms with Gasteiger partial charge in [-0.1, -0.05) is 42.5 Å². The van der Waals surface area contributed by atoms with Gasteiger partial charge in [-0.2, -0.15) is 0 Å². The van der Waals surface area contributed by atoms with Gasteiger partial charge in [0, 0.05) is 5.92 Å². The Kier molecular flexibility index (Phi) is 4.64. The van der Waals surface area contributed by atoms with Crippen LogP contribution in [0.1, 0.15) is 44.9 Å². The summed E-state index contributed by atoms with van der Waals surface area (Å²) in [5.41, 5.74) is 28.7. The highest BCUT2D eigenvalue weighted by molar-refractivity contribution is 5.81. The Morgan fingerprint density at radius 2 is 1.31 bits per heavy atom. The molecule has 26 heavy (non-hydrogen) atoms. The van der Waals surface area contributed by atoms with Crippen LogP contribution in [0.15, 0.2) is 48.5 Å². The highest BCUT2D eigenvalue weighted by Gasteiger charge is 2.23. The Balaban J connectivity index is 2.34. The van der Waals surface area contributed by atoms with Crippen molar-refractivity contribution in [1.82, 2.24) is 0 Å². The maximum Gasteiger partial charge on any atom is 0.0784 e. The third-order valence-corrected chi connectivity index (χ3v) is 5.63. The standard InChI is InChI=1S/C23H27N3/c1-13-12-19(16(4)15(3)14(13)2)21(17-8-6-5-7-9-17)18-10-11-20(24)23(26)22(18)25/h5-12,21H,24-26H2,1-4H3. The van der Waals surface area contributed by atoms with Crippen LogP contribution in [0.3, 0.4) is 0 Å². The summed E-state index contributed by atoms with van der Waals surface area (Å²) in [5.74, 6) is 0.0112. The summed E-state index contributed by atoms with van der Waals surface area (Å²) in [7, 11) is 0. The highest BCUT2D eigenvalue weighted by Crippen LogP contribution is 2.41. The van der Waals surface area contributed by atoms with E-state index >= 15 is 0 Å². The molecule has 0 radical (unpaired) electrons. The summed E-state index contributed by atoms with van der Waals surface area (Å²) in [6.45, 7) is 8.70. The van der Waals surface area contributed by atoms with Crippen LogP contribution in [-0.4, -0.2) is 0 Å². The van der Waals surface area contributed by atoms with Crippen molar-refractivity contribution >= 4 is 17.1 Å². The summed E-state index contributed by atoms with van der Waals surface area (Å²) in [5, 5.41) is 0. The van der Waals surface area contributed by atoms with Crippen LogP contribution in [0, 0.1) is 27.7 Å². The molecule has 0 aliphatic rings. The van der Waals surface area contributed by atoms with Gasteiger partial charge < -0.3 is 17.2 Å². The fourth-order valence-electron chi connectivity index (χ4n) is 3.64. The van der Waals surface area contributed by atoms with Crippen LogP contribution in [0.25, 0.3) is 0 Å². The molecular weight excluding hydrogens is 318 g/mol. The fraction of sp³-hybridized carbons (Fsp3) is 0.217. The lowest BCUT2D eigenvalue weighted by atomic mass is 9.79.